The van der Waals surface area contributed by atoms with Gasteiger partial charge in [0.05, 0.1) is 11.0 Å². The Morgan fingerprint density at radius 2 is 1.11 bits per heavy atom. The Kier molecular flexibility index (Phi) is 5.12. The molecule has 1 aliphatic rings. The Labute approximate surface area is 260 Å². The number of para-hydroxylation sites is 3. The SMILES string of the molecule is c1ccc(-n2c3ccccc3c3cc(B4c5ccccc5-c5ccc6oc7ccccc7c6c5-c5ccccc54)ccc32)cc1. The zero-order valence-electron chi connectivity index (χ0n) is 24.4. The molecule has 1 aliphatic heterocycles. The van der Waals surface area contributed by atoms with Gasteiger partial charge in [-0.2, -0.15) is 0 Å². The largest absolute Gasteiger partial charge is 0.456 e. The van der Waals surface area contributed by atoms with Gasteiger partial charge in [-0.1, -0.05) is 138 Å². The molecule has 0 aliphatic carbocycles. The van der Waals surface area contributed by atoms with Crippen molar-refractivity contribution < 1.29 is 4.42 Å². The van der Waals surface area contributed by atoms with Crippen LogP contribution < -0.4 is 16.4 Å². The van der Waals surface area contributed by atoms with Crippen LogP contribution in [0.5, 0.6) is 0 Å². The predicted octanol–water partition coefficient (Wildman–Crippen LogP) is 8.85. The standard InChI is InChI=1S/C42H26BNO/c1-2-12-28(13-3-1)44-37-20-10-6-15-30(37)34-26-27(22-24-38(34)44)43-35-18-8-4-14-29(35)31-23-25-40-42(33-17-7-11-21-39(33)45-40)41(31)32-16-5-9-19-36(32)43/h1-26H. The van der Waals surface area contributed by atoms with Gasteiger partial charge < -0.3 is 8.98 Å². The number of nitrogens with zero attached hydrogens (tertiary/aromatic N) is 1. The number of fused-ring (bicyclic) bond motifs is 12. The highest BCUT2D eigenvalue weighted by Crippen LogP contribution is 2.43. The minimum atomic E-state index is 0.0567. The molecule has 0 unspecified atom stereocenters. The van der Waals surface area contributed by atoms with Gasteiger partial charge in [0, 0.05) is 32.8 Å². The maximum atomic E-state index is 6.40. The lowest BCUT2D eigenvalue weighted by Gasteiger charge is -2.18. The Morgan fingerprint density at radius 3 is 1.98 bits per heavy atom. The maximum absolute atomic E-state index is 6.40. The van der Waals surface area contributed by atoms with Crippen LogP contribution in [0.25, 0.3) is 71.7 Å². The molecule has 7 aromatic carbocycles. The van der Waals surface area contributed by atoms with E-state index in [2.05, 4.69) is 156 Å². The minimum absolute atomic E-state index is 0.0567. The Balaban J connectivity index is 1.29. The molecule has 0 atom stereocenters. The van der Waals surface area contributed by atoms with Gasteiger partial charge in [0.15, 0.2) is 0 Å². The van der Waals surface area contributed by atoms with E-state index < -0.39 is 0 Å². The average Bonchev–Trinajstić information content (AvgIpc) is 3.61. The fourth-order valence-corrected chi connectivity index (χ4v) is 7.84. The van der Waals surface area contributed by atoms with Crippen LogP contribution in [-0.2, 0) is 0 Å². The second kappa shape index (κ2) is 9.35. The first-order valence-corrected chi connectivity index (χ1v) is 15.6. The Hall–Kier alpha value is -5.80. The molecular formula is C42H26BNO. The second-order valence-corrected chi connectivity index (χ2v) is 12.0. The number of hydrogen-bond donors (Lipinski definition) is 0. The Morgan fingerprint density at radius 1 is 0.444 bits per heavy atom. The van der Waals surface area contributed by atoms with E-state index in [0.717, 1.165) is 16.6 Å². The van der Waals surface area contributed by atoms with E-state index in [1.54, 1.807) is 0 Å². The molecule has 0 bridgehead atoms. The van der Waals surface area contributed by atoms with Crippen molar-refractivity contribution in [2.75, 3.05) is 0 Å². The fourth-order valence-electron chi connectivity index (χ4n) is 7.84. The quantitative estimate of drug-likeness (QED) is 0.190. The monoisotopic (exact) mass is 571 g/mol. The molecule has 0 saturated carbocycles. The van der Waals surface area contributed by atoms with E-state index in [1.165, 1.54) is 71.5 Å². The van der Waals surface area contributed by atoms with E-state index in [1.807, 2.05) is 6.07 Å². The fraction of sp³-hybridized carbons (Fsp3) is 0. The topological polar surface area (TPSA) is 18.1 Å². The highest BCUT2D eigenvalue weighted by molar-refractivity contribution is 6.97. The third-order valence-electron chi connectivity index (χ3n) is 9.69. The van der Waals surface area contributed by atoms with Gasteiger partial charge >= 0.3 is 0 Å². The van der Waals surface area contributed by atoms with Crippen LogP contribution in [0.2, 0.25) is 0 Å². The predicted molar refractivity (Wildman–Crippen MR) is 190 cm³/mol. The summed E-state index contributed by atoms with van der Waals surface area (Å²) in [7, 11) is 0. The zero-order valence-corrected chi connectivity index (χ0v) is 24.4. The van der Waals surface area contributed by atoms with Crippen LogP contribution in [0.15, 0.2) is 162 Å². The summed E-state index contributed by atoms with van der Waals surface area (Å²) < 4.78 is 8.79. The molecule has 2 nitrogen and oxygen atoms in total. The first-order valence-electron chi connectivity index (χ1n) is 15.6. The van der Waals surface area contributed by atoms with Crippen molar-refractivity contribution in [1.82, 2.24) is 4.57 Å². The third-order valence-corrected chi connectivity index (χ3v) is 9.69. The maximum Gasteiger partial charge on any atom is 0.242 e. The summed E-state index contributed by atoms with van der Waals surface area (Å²) in [6.07, 6.45) is 0. The molecule has 0 saturated heterocycles. The highest BCUT2D eigenvalue weighted by Gasteiger charge is 2.33. The molecule has 2 aromatic heterocycles. The summed E-state index contributed by atoms with van der Waals surface area (Å²) in [5.74, 6) is 0. The molecule has 0 amide bonds. The molecule has 0 fully saturated rings. The van der Waals surface area contributed by atoms with E-state index in [0.29, 0.717) is 0 Å². The summed E-state index contributed by atoms with van der Waals surface area (Å²) in [5, 5.41) is 4.88. The summed E-state index contributed by atoms with van der Waals surface area (Å²) in [5.41, 5.74) is 14.4. The number of furan rings is 1. The number of hydrogen-bond acceptors (Lipinski definition) is 1. The molecule has 45 heavy (non-hydrogen) atoms. The smallest absolute Gasteiger partial charge is 0.242 e. The first-order chi connectivity index (χ1) is 22.3. The molecule has 9 aromatic rings. The number of rotatable bonds is 2. The van der Waals surface area contributed by atoms with Crippen LogP contribution in [0.1, 0.15) is 0 Å². The zero-order chi connectivity index (χ0) is 29.5. The number of aromatic nitrogens is 1. The van der Waals surface area contributed by atoms with Gasteiger partial charge in [-0.3, -0.25) is 0 Å². The van der Waals surface area contributed by atoms with Gasteiger partial charge in [0.25, 0.3) is 0 Å². The van der Waals surface area contributed by atoms with E-state index >= 15 is 0 Å². The van der Waals surface area contributed by atoms with Crippen LogP contribution >= 0.6 is 0 Å². The lowest BCUT2D eigenvalue weighted by atomic mass is 9.36. The molecule has 208 valence electrons. The van der Waals surface area contributed by atoms with Crippen molar-refractivity contribution in [3.05, 3.63) is 158 Å². The summed E-state index contributed by atoms with van der Waals surface area (Å²) >= 11 is 0. The minimum Gasteiger partial charge on any atom is -0.456 e. The molecule has 0 N–H and O–H groups in total. The summed E-state index contributed by atoms with van der Waals surface area (Å²) in [4.78, 5) is 0. The molecule has 10 rings (SSSR count). The average molecular weight is 571 g/mol. The van der Waals surface area contributed by atoms with Gasteiger partial charge in [-0.05, 0) is 53.1 Å². The molecule has 3 heteroatoms. The van der Waals surface area contributed by atoms with Crippen molar-refractivity contribution in [3.63, 3.8) is 0 Å². The molecular weight excluding hydrogens is 545 g/mol. The normalized spacial score (nSPS) is 12.4. The van der Waals surface area contributed by atoms with Gasteiger partial charge in [0.1, 0.15) is 11.2 Å². The summed E-state index contributed by atoms with van der Waals surface area (Å²) in [6, 6.07) is 57.3. The van der Waals surface area contributed by atoms with Crippen molar-refractivity contribution in [3.8, 4) is 27.9 Å². The van der Waals surface area contributed by atoms with Crippen LogP contribution in [0.3, 0.4) is 0 Å². The Bertz CT molecular complexity index is 2610. The number of benzene rings is 7. The van der Waals surface area contributed by atoms with E-state index in [-0.39, 0.29) is 6.71 Å². The lowest BCUT2D eigenvalue weighted by molar-refractivity contribution is 0.669. The highest BCUT2D eigenvalue weighted by atomic mass is 16.3. The van der Waals surface area contributed by atoms with Gasteiger partial charge in [-0.25, -0.2) is 0 Å². The van der Waals surface area contributed by atoms with Crippen molar-refractivity contribution in [2.24, 2.45) is 0 Å². The molecule has 3 heterocycles. The van der Waals surface area contributed by atoms with Gasteiger partial charge in [-0.15, -0.1) is 0 Å². The van der Waals surface area contributed by atoms with Crippen molar-refractivity contribution in [2.45, 2.75) is 0 Å². The van der Waals surface area contributed by atoms with E-state index in [4.69, 9.17) is 4.42 Å². The van der Waals surface area contributed by atoms with Crippen molar-refractivity contribution in [1.29, 1.82) is 0 Å². The van der Waals surface area contributed by atoms with Crippen LogP contribution in [0.4, 0.5) is 0 Å². The van der Waals surface area contributed by atoms with Crippen LogP contribution in [0, 0.1) is 0 Å². The van der Waals surface area contributed by atoms with Gasteiger partial charge in [0.2, 0.25) is 6.71 Å². The van der Waals surface area contributed by atoms with Crippen LogP contribution in [-0.4, -0.2) is 11.3 Å². The summed E-state index contributed by atoms with van der Waals surface area (Å²) in [6.45, 7) is 0.0567. The van der Waals surface area contributed by atoms with E-state index in [9.17, 15) is 0 Å². The first kappa shape index (κ1) is 24.6. The molecule has 0 radical (unpaired) electrons. The molecule has 0 spiro atoms. The lowest BCUT2D eigenvalue weighted by Crippen LogP contribution is -2.52. The third kappa shape index (κ3) is 3.47. The second-order valence-electron chi connectivity index (χ2n) is 12.0. The van der Waals surface area contributed by atoms with Crippen molar-refractivity contribution >= 4 is 66.8 Å².